The molecule has 1 saturated heterocycles. The van der Waals surface area contributed by atoms with Crippen LogP contribution in [0, 0.1) is 0 Å². The van der Waals surface area contributed by atoms with Crippen molar-refractivity contribution in [3.8, 4) is 0 Å². The minimum Gasteiger partial charge on any atom is -0.339 e. The minimum absolute atomic E-state index is 0.183. The maximum absolute atomic E-state index is 13.0. The lowest BCUT2D eigenvalue weighted by Gasteiger charge is -2.35. The first-order valence-corrected chi connectivity index (χ1v) is 10.5. The average Bonchev–Trinajstić information content (AvgIpc) is 2.58. The zero-order valence-corrected chi connectivity index (χ0v) is 16.5. The molecule has 0 N–H and O–H groups in total. The molecule has 0 aliphatic carbocycles. The van der Waals surface area contributed by atoms with Crippen LogP contribution in [0.3, 0.4) is 0 Å². The summed E-state index contributed by atoms with van der Waals surface area (Å²) in [6, 6.07) is 2.38. The Balaban J connectivity index is 2.28. The first-order chi connectivity index (χ1) is 12.4. The number of anilines is 1. The number of amides is 1. The summed E-state index contributed by atoms with van der Waals surface area (Å²) in [5, 5.41) is -0.183. The van der Waals surface area contributed by atoms with Gasteiger partial charge in [-0.3, -0.25) is 9.10 Å². The average molecular weight is 428 g/mol. The molecule has 1 aliphatic rings. The fourth-order valence-electron chi connectivity index (χ4n) is 2.80. The first kappa shape index (κ1) is 21.8. The number of alkyl halides is 3. The van der Waals surface area contributed by atoms with E-state index in [0.717, 1.165) is 24.9 Å². The van der Waals surface area contributed by atoms with Gasteiger partial charge in [0.2, 0.25) is 15.9 Å². The molecule has 1 heterocycles. The Kier molecular flexibility index (Phi) is 6.64. The second kappa shape index (κ2) is 8.24. The molecule has 0 unspecified atom stereocenters. The van der Waals surface area contributed by atoms with Gasteiger partial charge in [0.05, 0.1) is 22.5 Å². The summed E-state index contributed by atoms with van der Waals surface area (Å²) in [6.07, 6.45) is -3.84. The summed E-state index contributed by atoms with van der Waals surface area (Å²) in [6.45, 7) is 4.42. The van der Waals surface area contributed by atoms with Gasteiger partial charge in [0.25, 0.3) is 0 Å². The molecule has 0 spiro atoms. The van der Waals surface area contributed by atoms with E-state index in [4.69, 9.17) is 11.6 Å². The molecule has 0 bridgehead atoms. The van der Waals surface area contributed by atoms with Crippen molar-refractivity contribution >= 4 is 33.2 Å². The number of carbonyl (C=O) groups excluding carboxylic acids is 1. The minimum atomic E-state index is -4.66. The Labute approximate surface area is 161 Å². The summed E-state index contributed by atoms with van der Waals surface area (Å²) in [7, 11) is -4.03. The van der Waals surface area contributed by atoms with Crippen LogP contribution in [0.4, 0.5) is 18.9 Å². The smallest absolute Gasteiger partial charge is 0.339 e. The van der Waals surface area contributed by atoms with Gasteiger partial charge in [0.15, 0.2) is 0 Å². The van der Waals surface area contributed by atoms with E-state index in [-0.39, 0.29) is 10.7 Å². The van der Waals surface area contributed by atoms with Gasteiger partial charge < -0.3 is 9.80 Å². The van der Waals surface area contributed by atoms with E-state index in [1.54, 1.807) is 0 Å². The fraction of sp³-hybridized carbons (Fsp3) is 0.562. The molecule has 27 heavy (non-hydrogen) atoms. The van der Waals surface area contributed by atoms with Crippen molar-refractivity contribution in [2.75, 3.05) is 49.8 Å². The molecule has 11 heteroatoms. The van der Waals surface area contributed by atoms with Crippen LogP contribution in [0.1, 0.15) is 12.5 Å². The molecule has 6 nitrogen and oxygen atoms in total. The summed E-state index contributed by atoms with van der Waals surface area (Å²) in [4.78, 5) is 16.2. The van der Waals surface area contributed by atoms with E-state index < -0.39 is 34.2 Å². The summed E-state index contributed by atoms with van der Waals surface area (Å²) >= 11 is 5.95. The third-order valence-corrected chi connectivity index (χ3v) is 5.84. The highest BCUT2D eigenvalue weighted by Crippen LogP contribution is 2.36. The second-order valence-electron chi connectivity index (χ2n) is 6.25. The fourth-order valence-corrected chi connectivity index (χ4v) is 3.92. The molecule has 0 saturated carbocycles. The molecule has 152 valence electrons. The number of likely N-dealkylation sites (N-methyl/N-ethyl adjacent to an activating group) is 1. The van der Waals surface area contributed by atoms with Crippen molar-refractivity contribution in [2.24, 2.45) is 0 Å². The molecule has 1 fully saturated rings. The molecular formula is C16H21ClF3N3O3S. The van der Waals surface area contributed by atoms with Crippen LogP contribution in [-0.4, -0.2) is 69.6 Å². The van der Waals surface area contributed by atoms with Gasteiger partial charge in [-0.25, -0.2) is 8.42 Å². The van der Waals surface area contributed by atoms with Gasteiger partial charge in [-0.1, -0.05) is 18.5 Å². The topological polar surface area (TPSA) is 60.9 Å². The van der Waals surface area contributed by atoms with E-state index in [1.807, 2.05) is 6.92 Å². The lowest BCUT2D eigenvalue weighted by atomic mass is 10.2. The van der Waals surface area contributed by atoms with Crippen LogP contribution in [0.25, 0.3) is 0 Å². The van der Waals surface area contributed by atoms with Crippen LogP contribution < -0.4 is 4.31 Å². The van der Waals surface area contributed by atoms with Crippen LogP contribution in [-0.2, 0) is 21.0 Å². The molecule has 0 atom stereocenters. The first-order valence-electron chi connectivity index (χ1n) is 8.28. The van der Waals surface area contributed by atoms with E-state index in [0.29, 0.717) is 36.6 Å². The Morgan fingerprint density at radius 3 is 2.30 bits per heavy atom. The summed E-state index contributed by atoms with van der Waals surface area (Å²) < 4.78 is 63.9. The highest BCUT2D eigenvalue weighted by atomic mass is 35.5. The van der Waals surface area contributed by atoms with Gasteiger partial charge in [-0.15, -0.1) is 0 Å². The maximum Gasteiger partial charge on any atom is 0.416 e. The number of sulfonamides is 1. The molecule has 1 aromatic rings. The predicted octanol–water partition coefficient (Wildman–Crippen LogP) is 2.29. The van der Waals surface area contributed by atoms with Gasteiger partial charge in [0, 0.05) is 26.2 Å². The van der Waals surface area contributed by atoms with Crippen LogP contribution in [0.2, 0.25) is 5.02 Å². The largest absolute Gasteiger partial charge is 0.416 e. The van der Waals surface area contributed by atoms with Crippen LogP contribution in [0.5, 0.6) is 0 Å². The van der Waals surface area contributed by atoms with E-state index in [9.17, 15) is 26.4 Å². The number of hydrogen-bond donors (Lipinski definition) is 0. The Morgan fingerprint density at radius 1 is 1.22 bits per heavy atom. The van der Waals surface area contributed by atoms with Crippen molar-refractivity contribution in [1.82, 2.24) is 9.80 Å². The summed E-state index contributed by atoms with van der Waals surface area (Å²) in [5.41, 5.74) is -1.41. The number of hydrogen-bond acceptors (Lipinski definition) is 4. The molecule has 1 aliphatic heterocycles. The Morgan fingerprint density at radius 2 is 1.81 bits per heavy atom. The standard InChI is InChI=1S/C16H21ClF3N3O3S/c1-3-21-6-8-22(9-7-21)15(24)11-23(27(2,25)26)14-10-12(16(18,19)20)4-5-13(14)17/h4-5,10H,3,6-9,11H2,1-2H3. The number of nitrogens with zero attached hydrogens (tertiary/aromatic N) is 3. The third kappa shape index (κ3) is 5.49. The van der Waals surface area contributed by atoms with Gasteiger partial charge in [0.1, 0.15) is 6.54 Å². The zero-order chi connectivity index (χ0) is 20.4. The predicted molar refractivity (Wildman–Crippen MR) is 97.3 cm³/mol. The SMILES string of the molecule is CCN1CCN(C(=O)CN(c2cc(C(F)(F)F)ccc2Cl)S(C)(=O)=O)CC1. The number of rotatable bonds is 5. The molecule has 0 aromatic heterocycles. The Bertz CT molecular complexity index is 794. The number of piperazine rings is 1. The van der Waals surface area contributed by atoms with E-state index in [1.165, 1.54) is 4.90 Å². The third-order valence-electron chi connectivity index (χ3n) is 4.39. The van der Waals surface area contributed by atoms with Crippen molar-refractivity contribution < 1.29 is 26.4 Å². The van der Waals surface area contributed by atoms with E-state index >= 15 is 0 Å². The second-order valence-corrected chi connectivity index (χ2v) is 8.56. The van der Waals surface area contributed by atoms with Crippen LogP contribution in [0.15, 0.2) is 18.2 Å². The molecule has 2 rings (SSSR count). The summed E-state index contributed by atoms with van der Waals surface area (Å²) in [5.74, 6) is -0.482. The van der Waals surface area contributed by atoms with Crippen molar-refractivity contribution in [2.45, 2.75) is 13.1 Å². The number of benzene rings is 1. The van der Waals surface area contributed by atoms with Crippen molar-refractivity contribution in [3.05, 3.63) is 28.8 Å². The molecular weight excluding hydrogens is 407 g/mol. The normalized spacial score (nSPS) is 16.4. The molecule has 0 radical (unpaired) electrons. The lowest BCUT2D eigenvalue weighted by molar-refractivity contribution is -0.137. The maximum atomic E-state index is 13.0. The number of carbonyl (C=O) groups is 1. The number of halogens is 4. The van der Waals surface area contributed by atoms with Gasteiger partial charge in [-0.2, -0.15) is 13.2 Å². The molecule has 1 amide bonds. The van der Waals surface area contributed by atoms with E-state index in [2.05, 4.69) is 4.90 Å². The van der Waals surface area contributed by atoms with Crippen LogP contribution >= 0.6 is 11.6 Å². The van der Waals surface area contributed by atoms with Gasteiger partial charge >= 0.3 is 6.18 Å². The van der Waals surface area contributed by atoms with Gasteiger partial charge in [-0.05, 0) is 24.7 Å². The zero-order valence-electron chi connectivity index (χ0n) is 15.0. The highest BCUT2D eigenvalue weighted by Gasteiger charge is 2.33. The van der Waals surface area contributed by atoms with Crippen molar-refractivity contribution in [1.29, 1.82) is 0 Å². The quantitative estimate of drug-likeness (QED) is 0.723. The van der Waals surface area contributed by atoms with Crippen molar-refractivity contribution in [3.63, 3.8) is 0 Å². The lowest BCUT2D eigenvalue weighted by Crippen LogP contribution is -2.51. The Hall–Kier alpha value is -1.52. The monoisotopic (exact) mass is 427 g/mol. The molecule has 1 aromatic carbocycles. The highest BCUT2D eigenvalue weighted by molar-refractivity contribution is 7.92.